The molecule has 0 bridgehead atoms. The smallest absolute Gasteiger partial charge is 0.305 e. The van der Waals surface area contributed by atoms with Crippen LogP contribution in [0.2, 0.25) is 0 Å². The van der Waals surface area contributed by atoms with Gasteiger partial charge < -0.3 is 15.3 Å². The number of hydrogen-bond acceptors (Lipinski definition) is 3. The monoisotopic (exact) mass is 214 g/mol. The lowest BCUT2D eigenvalue weighted by atomic mass is 10.2. The predicted molar refractivity (Wildman–Crippen MR) is 55.5 cm³/mol. The number of nitrogens with one attached hydrogen (secondary N) is 1. The lowest BCUT2D eigenvalue weighted by Gasteiger charge is -2.23. The SMILES string of the molecule is CCN(CCC(=O)O)C(=O)C1CCCN1. The van der Waals surface area contributed by atoms with Crippen LogP contribution in [-0.4, -0.2) is 47.6 Å². The number of nitrogens with zero attached hydrogens (tertiary/aromatic N) is 1. The summed E-state index contributed by atoms with van der Waals surface area (Å²) in [5.41, 5.74) is 0. The van der Waals surface area contributed by atoms with Crippen LogP contribution in [0, 0.1) is 0 Å². The summed E-state index contributed by atoms with van der Waals surface area (Å²) in [6, 6.07) is -0.0984. The largest absolute Gasteiger partial charge is 0.481 e. The number of carbonyl (C=O) groups is 2. The maximum absolute atomic E-state index is 11.9. The first kappa shape index (κ1) is 12.0. The third-order valence-electron chi connectivity index (χ3n) is 2.65. The molecule has 5 heteroatoms. The van der Waals surface area contributed by atoms with Gasteiger partial charge >= 0.3 is 5.97 Å². The molecule has 0 spiro atoms. The molecule has 1 rings (SSSR count). The van der Waals surface area contributed by atoms with Crippen molar-refractivity contribution in [1.29, 1.82) is 0 Å². The Balaban J connectivity index is 2.42. The Bertz CT molecular complexity index is 237. The van der Waals surface area contributed by atoms with Gasteiger partial charge in [0.2, 0.25) is 5.91 Å². The molecule has 0 aromatic carbocycles. The third-order valence-corrected chi connectivity index (χ3v) is 2.65. The van der Waals surface area contributed by atoms with Crippen LogP contribution in [0.3, 0.4) is 0 Å². The van der Waals surface area contributed by atoms with E-state index in [1.807, 2.05) is 6.92 Å². The maximum atomic E-state index is 11.9. The number of carbonyl (C=O) groups excluding carboxylic acids is 1. The number of likely N-dealkylation sites (N-methyl/N-ethyl adjacent to an activating group) is 1. The Kier molecular flexibility index (Phi) is 4.55. The van der Waals surface area contributed by atoms with Gasteiger partial charge in [0.15, 0.2) is 0 Å². The highest BCUT2D eigenvalue weighted by Gasteiger charge is 2.25. The summed E-state index contributed by atoms with van der Waals surface area (Å²) in [5, 5.41) is 11.7. The first-order valence-electron chi connectivity index (χ1n) is 5.39. The predicted octanol–water partition coefficient (Wildman–Crippen LogP) is 0.0616. The van der Waals surface area contributed by atoms with Crippen molar-refractivity contribution in [2.45, 2.75) is 32.2 Å². The molecule has 1 heterocycles. The zero-order valence-corrected chi connectivity index (χ0v) is 9.03. The molecule has 86 valence electrons. The molecule has 5 nitrogen and oxygen atoms in total. The number of aliphatic carboxylic acids is 1. The molecule has 0 aliphatic carbocycles. The topological polar surface area (TPSA) is 69.6 Å². The summed E-state index contributed by atoms with van der Waals surface area (Å²) < 4.78 is 0. The Morgan fingerprint density at radius 3 is 2.73 bits per heavy atom. The van der Waals surface area contributed by atoms with Crippen molar-refractivity contribution < 1.29 is 14.7 Å². The van der Waals surface area contributed by atoms with Crippen molar-refractivity contribution in [2.75, 3.05) is 19.6 Å². The number of hydrogen-bond donors (Lipinski definition) is 2. The van der Waals surface area contributed by atoms with Crippen molar-refractivity contribution >= 4 is 11.9 Å². The Labute approximate surface area is 89.4 Å². The quantitative estimate of drug-likeness (QED) is 0.679. The first-order chi connectivity index (χ1) is 7.15. The average Bonchev–Trinajstić information content (AvgIpc) is 2.70. The van der Waals surface area contributed by atoms with Crippen LogP contribution in [-0.2, 0) is 9.59 Å². The van der Waals surface area contributed by atoms with Gasteiger partial charge in [-0.05, 0) is 26.3 Å². The minimum absolute atomic E-state index is 0.0201. The molecular weight excluding hydrogens is 196 g/mol. The van der Waals surface area contributed by atoms with E-state index >= 15 is 0 Å². The number of rotatable bonds is 5. The second kappa shape index (κ2) is 5.70. The zero-order valence-electron chi connectivity index (χ0n) is 9.03. The summed E-state index contributed by atoms with van der Waals surface area (Å²) in [6.07, 6.45) is 1.90. The van der Waals surface area contributed by atoms with Crippen LogP contribution in [0.25, 0.3) is 0 Å². The molecule has 1 amide bonds. The highest BCUT2D eigenvalue weighted by atomic mass is 16.4. The van der Waals surface area contributed by atoms with Crippen molar-refractivity contribution in [2.24, 2.45) is 0 Å². The Hall–Kier alpha value is -1.10. The minimum Gasteiger partial charge on any atom is -0.481 e. The summed E-state index contributed by atoms with van der Waals surface area (Å²) >= 11 is 0. The normalized spacial score (nSPS) is 20.2. The van der Waals surface area contributed by atoms with E-state index in [4.69, 9.17) is 5.11 Å². The van der Waals surface area contributed by atoms with E-state index < -0.39 is 5.97 Å². The van der Waals surface area contributed by atoms with E-state index in [1.165, 1.54) is 0 Å². The van der Waals surface area contributed by atoms with Gasteiger partial charge in [-0.15, -0.1) is 0 Å². The molecule has 1 aliphatic rings. The standard InChI is InChI=1S/C10H18N2O3/c1-2-12(7-5-9(13)14)10(15)8-4-3-6-11-8/h8,11H,2-7H2,1H3,(H,13,14). The Morgan fingerprint density at radius 1 is 1.53 bits per heavy atom. The van der Waals surface area contributed by atoms with Crippen molar-refractivity contribution in [1.82, 2.24) is 10.2 Å². The van der Waals surface area contributed by atoms with Crippen LogP contribution in [0.5, 0.6) is 0 Å². The van der Waals surface area contributed by atoms with Crippen molar-refractivity contribution in [3.63, 3.8) is 0 Å². The molecular formula is C10H18N2O3. The summed E-state index contributed by atoms with van der Waals surface area (Å²) in [5.74, 6) is -0.822. The molecule has 1 atom stereocenters. The summed E-state index contributed by atoms with van der Waals surface area (Å²) in [6.45, 7) is 3.63. The maximum Gasteiger partial charge on any atom is 0.305 e. The van der Waals surface area contributed by atoms with Gasteiger partial charge in [0, 0.05) is 13.1 Å². The van der Waals surface area contributed by atoms with E-state index in [-0.39, 0.29) is 18.4 Å². The first-order valence-corrected chi connectivity index (χ1v) is 5.39. The second-order valence-corrected chi connectivity index (χ2v) is 3.71. The molecule has 2 N–H and O–H groups in total. The number of carboxylic acid groups (broad SMARTS) is 1. The summed E-state index contributed by atoms with van der Waals surface area (Å²) in [7, 11) is 0. The van der Waals surface area contributed by atoms with Crippen LogP contribution < -0.4 is 5.32 Å². The van der Waals surface area contributed by atoms with E-state index in [0.29, 0.717) is 13.1 Å². The van der Waals surface area contributed by atoms with Crippen LogP contribution in [0.1, 0.15) is 26.2 Å². The van der Waals surface area contributed by atoms with Crippen molar-refractivity contribution in [3.8, 4) is 0 Å². The lowest BCUT2D eigenvalue weighted by Crippen LogP contribution is -2.44. The van der Waals surface area contributed by atoms with E-state index in [9.17, 15) is 9.59 Å². The minimum atomic E-state index is -0.861. The second-order valence-electron chi connectivity index (χ2n) is 3.71. The molecule has 1 aliphatic heterocycles. The van der Waals surface area contributed by atoms with Crippen LogP contribution in [0.15, 0.2) is 0 Å². The van der Waals surface area contributed by atoms with Gasteiger partial charge in [0.05, 0.1) is 12.5 Å². The van der Waals surface area contributed by atoms with Gasteiger partial charge in [-0.25, -0.2) is 0 Å². The molecule has 1 unspecified atom stereocenters. The third kappa shape index (κ3) is 3.51. The fourth-order valence-corrected chi connectivity index (χ4v) is 1.77. The molecule has 0 radical (unpaired) electrons. The molecule has 0 aromatic heterocycles. The van der Waals surface area contributed by atoms with Crippen LogP contribution >= 0.6 is 0 Å². The number of carboxylic acids is 1. The van der Waals surface area contributed by atoms with Gasteiger partial charge in [0.1, 0.15) is 0 Å². The van der Waals surface area contributed by atoms with Gasteiger partial charge in [0.25, 0.3) is 0 Å². The van der Waals surface area contributed by atoms with Crippen LogP contribution in [0.4, 0.5) is 0 Å². The molecule has 1 fully saturated rings. The zero-order chi connectivity index (χ0) is 11.3. The van der Waals surface area contributed by atoms with Crippen molar-refractivity contribution in [3.05, 3.63) is 0 Å². The van der Waals surface area contributed by atoms with E-state index in [2.05, 4.69) is 5.32 Å². The Morgan fingerprint density at radius 2 is 2.27 bits per heavy atom. The van der Waals surface area contributed by atoms with E-state index in [1.54, 1.807) is 4.90 Å². The highest BCUT2D eigenvalue weighted by Crippen LogP contribution is 2.08. The molecule has 15 heavy (non-hydrogen) atoms. The summed E-state index contributed by atoms with van der Waals surface area (Å²) in [4.78, 5) is 23.9. The fraction of sp³-hybridized carbons (Fsp3) is 0.800. The number of amides is 1. The fourth-order valence-electron chi connectivity index (χ4n) is 1.77. The van der Waals surface area contributed by atoms with E-state index in [0.717, 1.165) is 19.4 Å². The average molecular weight is 214 g/mol. The lowest BCUT2D eigenvalue weighted by molar-refractivity contribution is -0.138. The molecule has 0 aromatic rings. The molecule has 1 saturated heterocycles. The van der Waals surface area contributed by atoms with Gasteiger partial charge in [-0.1, -0.05) is 0 Å². The van der Waals surface area contributed by atoms with Gasteiger partial charge in [-0.2, -0.15) is 0 Å². The van der Waals surface area contributed by atoms with Gasteiger partial charge in [-0.3, -0.25) is 9.59 Å². The molecule has 0 saturated carbocycles. The highest BCUT2D eigenvalue weighted by molar-refractivity contribution is 5.82.